The minimum atomic E-state index is -5.15. The fraction of sp³-hybridized carbons (Fsp3) is 0.250. The van der Waals surface area contributed by atoms with Gasteiger partial charge in [0.15, 0.2) is 5.82 Å². The van der Waals surface area contributed by atoms with Gasteiger partial charge in [0, 0.05) is 0 Å². The third-order valence-corrected chi connectivity index (χ3v) is 1.61. The van der Waals surface area contributed by atoms with E-state index in [0.717, 1.165) is 6.07 Å². The minimum Gasteiger partial charge on any atom is -0.233 e. The lowest BCUT2D eigenvalue weighted by Crippen LogP contribution is -2.13. The molecule has 0 fully saturated rings. The molecule has 0 aromatic carbocycles. The van der Waals surface area contributed by atoms with Crippen molar-refractivity contribution in [2.45, 2.75) is 12.6 Å². The van der Waals surface area contributed by atoms with Crippen LogP contribution in [-0.4, -0.2) is 4.98 Å². The number of aromatic nitrogens is 1. The van der Waals surface area contributed by atoms with Crippen LogP contribution in [0.25, 0.3) is 0 Å². The van der Waals surface area contributed by atoms with Gasteiger partial charge in [-0.25, -0.2) is 18.2 Å². The Bertz CT molecular complexity index is 445. The quantitative estimate of drug-likeness (QED) is 0.707. The van der Waals surface area contributed by atoms with Crippen LogP contribution in [0.5, 0.6) is 0 Å². The van der Waals surface area contributed by atoms with Crippen molar-refractivity contribution in [3.63, 3.8) is 0 Å². The Labute approximate surface area is 85.1 Å². The van der Waals surface area contributed by atoms with Crippen LogP contribution in [0.3, 0.4) is 0 Å². The van der Waals surface area contributed by atoms with Crippen molar-refractivity contribution in [3.8, 4) is 6.07 Å². The Morgan fingerprint density at radius 3 is 2.25 bits per heavy atom. The van der Waals surface area contributed by atoms with Crippen LogP contribution in [0.15, 0.2) is 6.07 Å². The highest BCUT2D eigenvalue weighted by Gasteiger charge is 2.37. The summed E-state index contributed by atoms with van der Waals surface area (Å²) in [7, 11) is 0. The molecule has 0 amide bonds. The van der Waals surface area contributed by atoms with Crippen LogP contribution >= 0.6 is 0 Å². The predicted octanol–water partition coefficient (Wildman–Crippen LogP) is 3.05. The lowest BCUT2D eigenvalue weighted by molar-refractivity contribution is -0.140. The third-order valence-electron chi connectivity index (χ3n) is 1.61. The molecule has 0 saturated carbocycles. The molecule has 0 spiro atoms. The molecule has 0 atom stereocenters. The lowest BCUT2D eigenvalue weighted by atomic mass is 10.1. The molecule has 0 unspecified atom stereocenters. The normalized spacial score (nSPS) is 11.6. The summed E-state index contributed by atoms with van der Waals surface area (Å²) in [5.41, 5.74) is -4.51. The summed E-state index contributed by atoms with van der Waals surface area (Å²) in [6, 6.07) is 1.24. The van der Waals surface area contributed by atoms with Crippen molar-refractivity contribution in [1.82, 2.24) is 4.98 Å². The monoisotopic (exact) mass is 240 g/mol. The van der Waals surface area contributed by atoms with Gasteiger partial charge in [-0.05, 0) is 6.07 Å². The number of nitrogens with zero attached hydrogens (tertiary/aromatic N) is 2. The molecule has 0 N–H and O–H groups in total. The molecule has 0 bridgehead atoms. The third kappa shape index (κ3) is 2.24. The van der Waals surface area contributed by atoms with Crippen LogP contribution in [0, 0.1) is 17.1 Å². The fourth-order valence-electron chi connectivity index (χ4n) is 0.957. The molecule has 0 aliphatic heterocycles. The van der Waals surface area contributed by atoms with Gasteiger partial charge in [-0.1, -0.05) is 0 Å². The van der Waals surface area contributed by atoms with Gasteiger partial charge in [0.25, 0.3) is 6.43 Å². The second-order valence-electron chi connectivity index (χ2n) is 2.66. The summed E-state index contributed by atoms with van der Waals surface area (Å²) >= 11 is 0. The van der Waals surface area contributed by atoms with Gasteiger partial charge >= 0.3 is 6.18 Å². The Balaban J connectivity index is 3.52. The number of hydrogen-bond acceptors (Lipinski definition) is 2. The number of halogens is 6. The first-order valence-electron chi connectivity index (χ1n) is 3.73. The van der Waals surface area contributed by atoms with Gasteiger partial charge in [-0.15, -0.1) is 0 Å². The summed E-state index contributed by atoms with van der Waals surface area (Å²) in [5.74, 6) is -2.15. The molecule has 1 aromatic rings. The zero-order valence-electron chi connectivity index (χ0n) is 7.32. The maximum atomic E-state index is 13.0. The van der Waals surface area contributed by atoms with Crippen molar-refractivity contribution >= 4 is 0 Å². The standard InChI is InChI=1S/C8H2F6N2/c9-5-4(8(12,13)14)1-3(2-15)16-6(5)7(10)11/h1,7H. The SMILES string of the molecule is N#Cc1cc(C(F)(F)F)c(F)c(C(F)F)n1. The van der Waals surface area contributed by atoms with Crippen LogP contribution < -0.4 is 0 Å². The molecule has 1 heterocycles. The topological polar surface area (TPSA) is 36.7 Å². The summed E-state index contributed by atoms with van der Waals surface area (Å²) in [6.07, 6.45) is -8.67. The second-order valence-corrected chi connectivity index (χ2v) is 2.66. The molecular weight excluding hydrogens is 238 g/mol. The van der Waals surface area contributed by atoms with E-state index in [-0.39, 0.29) is 6.07 Å². The Morgan fingerprint density at radius 1 is 1.31 bits per heavy atom. The fourth-order valence-corrected chi connectivity index (χ4v) is 0.957. The molecule has 86 valence electrons. The van der Waals surface area contributed by atoms with E-state index in [1.165, 1.54) is 0 Å². The predicted molar refractivity (Wildman–Crippen MR) is 38.9 cm³/mol. The van der Waals surface area contributed by atoms with Gasteiger partial charge < -0.3 is 0 Å². The molecule has 8 heteroatoms. The number of rotatable bonds is 1. The molecule has 0 saturated heterocycles. The van der Waals surface area contributed by atoms with E-state index in [2.05, 4.69) is 4.98 Å². The molecule has 0 aliphatic carbocycles. The summed E-state index contributed by atoms with van der Waals surface area (Å²) in [6.45, 7) is 0. The first kappa shape index (κ1) is 12.3. The van der Waals surface area contributed by atoms with Crippen molar-refractivity contribution < 1.29 is 26.3 Å². The molecule has 0 radical (unpaired) electrons. The first-order valence-corrected chi connectivity index (χ1v) is 3.73. The van der Waals surface area contributed by atoms with Crippen LogP contribution in [0.4, 0.5) is 26.3 Å². The first-order chi connectivity index (χ1) is 7.27. The van der Waals surface area contributed by atoms with Gasteiger partial charge in [0.1, 0.15) is 17.5 Å². The maximum absolute atomic E-state index is 13.0. The Hall–Kier alpha value is -1.78. The number of pyridine rings is 1. The zero-order chi connectivity index (χ0) is 12.5. The second kappa shape index (κ2) is 4.00. The van der Waals surface area contributed by atoms with Gasteiger partial charge in [-0.2, -0.15) is 18.4 Å². The average Bonchev–Trinajstić information content (AvgIpc) is 2.15. The van der Waals surface area contributed by atoms with E-state index in [4.69, 9.17) is 5.26 Å². The zero-order valence-corrected chi connectivity index (χ0v) is 7.32. The molecular formula is C8H2F6N2. The average molecular weight is 240 g/mol. The maximum Gasteiger partial charge on any atom is 0.419 e. The van der Waals surface area contributed by atoms with E-state index in [1.54, 1.807) is 0 Å². The molecule has 1 aromatic heterocycles. The highest BCUT2D eigenvalue weighted by atomic mass is 19.4. The number of nitriles is 1. The molecule has 0 aliphatic rings. The largest absolute Gasteiger partial charge is 0.419 e. The smallest absolute Gasteiger partial charge is 0.233 e. The van der Waals surface area contributed by atoms with E-state index in [1.807, 2.05) is 0 Å². The van der Waals surface area contributed by atoms with Gasteiger partial charge in [0.2, 0.25) is 0 Å². The highest BCUT2D eigenvalue weighted by Crippen LogP contribution is 2.34. The summed E-state index contributed by atoms with van der Waals surface area (Å²) in [4.78, 5) is 2.78. The summed E-state index contributed by atoms with van der Waals surface area (Å²) < 4.78 is 73.8. The van der Waals surface area contributed by atoms with E-state index >= 15 is 0 Å². The van der Waals surface area contributed by atoms with E-state index in [0.29, 0.717) is 0 Å². The summed E-state index contributed by atoms with van der Waals surface area (Å²) in [5, 5.41) is 8.28. The van der Waals surface area contributed by atoms with E-state index < -0.39 is 35.4 Å². The van der Waals surface area contributed by atoms with Crippen LogP contribution in [0.2, 0.25) is 0 Å². The number of hydrogen-bond donors (Lipinski definition) is 0. The van der Waals surface area contributed by atoms with Crippen LogP contribution in [-0.2, 0) is 6.18 Å². The lowest BCUT2D eigenvalue weighted by Gasteiger charge is -2.10. The van der Waals surface area contributed by atoms with Crippen molar-refractivity contribution in [1.29, 1.82) is 5.26 Å². The Kier molecular flexibility index (Phi) is 3.07. The van der Waals surface area contributed by atoms with Gasteiger partial charge in [-0.3, -0.25) is 0 Å². The molecule has 2 nitrogen and oxygen atoms in total. The van der Waals surface area contributed by atoms with E-state index in [9.17, 15) is 26.3 Å². The molecule has 1 rings (SSSR count). The highest BCUT2D eigenvalue weighted by molar-refractivity contribution is 5.32. The number of alkyl halides is 5. The van der Waals surface area contributed by atoms with Crippen molar-refractivity contribution in [2.75, 3.05) is 0 Å². The van der Waals surface area contributed by atoms with Crippen molar-refractivity contribution in [3.05, 3.63) is 28.8 Å². The van der Waals surface area contributed by atoms with Gasteiger partial charge in [0.05, 0.1) is 5.56 Å². The van der Waals surface area contributed by atoms with Crippen LogP contribution in [0.1, 0.15) is 23.4 Å². The van der Waals surface area contributed by atoms with Crippen molar-refractivity contribution in [2.24, 2.45) is 0 Å². The Morgan fingerprint density at radius 2 is 1.88 bits per heavy atom. The minimum absolute atomic E-state index is 0.0845. The molecule has 16 heavy (non-hydrogen) atoms.